The van der Waals surface area contributed by atoms with E-state index in [1.165, 1.54) is 250 Å². The molecule has 0 fully saturated rings. The summed E-state index contributed by atoms with van der Waals surface area (Å²) in [6, 6.07) is -0.542. The molecule has 0 saturated carbocycles. The molecule has 0 saturated heterocycles. The molecular formula is C56H111NO5. The number of unbranched alkanes of at least 4 members (excludes halogenated alkanes) is 42. The molecule has 0 spiro atoms. The Kier molecular flexibility index (Phi) is 51.5. The first-order valence-corrected chi connectivity index (χ1v) is 28.3. The van der Waals surface area contributed by atoms with Crippen molar-refractivity contribution in [2.24, 2.45) is 0 Å². The number of rotatable bonds is 53. The highest BCUT2D eigenvalue weighted by Crippen LogP contribution is 2.18. The van der Waals surface area contributed by atoms with Gasteiger partial charge in [-0.2, -0.15) is 0 Å². The summed E-state index contributed by atoms with van der Waals surface area (Å²) in [6.45, 7) is 4.96. The summed E-state index contributed by atoms with van der Waals surface area (Å²) in [5.41, 5.74) is 0. The number of ether oxygens (including phenoxy) is 1. The zero-order chi connectivity index (χ0) is 45.1. The molecule has 0 aliphatic rings. The third-order valence-electron chi connectivity index (χ3n) is 13.4. The van der Waals surface area contributed by atoms with E-state index >= 15 is 0 Å². The van der Waals surface area contributed by atoms with E-state index in [2.05, 4.69) is 19.2 Å². The molecule has 0 aliphatic carbocycles. The van der Waals surface area contributed by atoms with Gasteiger partial charge in [0.1, 0.15) is 0 Å². The lowest BCUT2D eigenvalue weighted by atomic mass is 10.0. The second-order valence-electron chi connectivity index (χ2n) is 19.6. The maximum atomic E-state index is 12.4. The quantitative estimate of drug-likeness (QED) is 0.0418. The fourth-order valence-electron chi connectivity index (χ4n) is 9.05. The maximum absolute atomic E-state index is 12.4. The lowest BCUT2D eigenvalue weighted by Gasteiger charge is -2.22. The summed E-state index contributed by atoms with van der Waals surface area (Å²) in [7, 11) is 0. The van der Waals surface area contributed by atoms with Crippen LogP contribution in [0.2, 0.25) is 0 Å². The van der Waals surface area contributed by atoms with Gasteiger partial charge >= 0.3 is 5.97 Å². The molecule has 0 aromatic rings. The normalized spacial score (nSPS) is 12.5. The Hall–Kier alpha value is -1.14. The maximum Gasteiger partial charge on any atom is 0.305 e. The van der Waals surface area contributed by atoms with Gasteiger partial charge in [-0.1, -0.05) is 284 Å². The van der Waals surface area contributed by atoms with Crippen LogP contribution in [0.3, 0.4) is 0 Å². The number of aliphatic hydroxyl groups excluding tert-OH is 2. The topological polar surface area (TPSA) is 95.9 Å². The molecule has 6 heteroatoms. The number of aliphatic hydroxyl groups is 2. The van der Waals surface area contributed by atoms with Crippen molar-refractivity contribution in [1.29, 1.82) is 0 Å². The molecular weight excluding hydrogens is 767 g/mol. The van der Waals surface area contributed by atoms with E-state index in [4.69, 9.17) is 4.74 Å². The smallest absolute Gasteiger partial charge is 0.305 e. The van der Waals surface area contributed by atoms with E-state index in [0.29, 0.717) is 25.9 Å². The monoisotopic (exact) mass is 878 g/mol. The Morgan fingerprint density at radius 1 is 0.387 bits per heavy atom. The largest absolute Gasteiger partial charge is 0.466 e. The number of carbonyl (C=O) groups is 2. The van der Waals surface area contributed by atoms with Crippen LogP contribution < -0.4 is 5.32 Å². The van der Waals surface area contributed by atoms with Crippen molar-refractivity contribution in [3.8, 4) is 0 Å². The number of nitrogens with one attached hydrogen (secondary N) is 1. The Bertz CT molecular complexity index is 882. The second-order valence-corrected chi connectivity index (χ2v) is 19.6. The molecule has 0 aliphatic heterocycles. The van der Waals surface area contributed by atoms with Crippen LogP contribution in [0, 0.1) is 0 Å². The summed E-state index contributed by atoms with van der Waals surface area (Å²) < 4.78 is 5.48. The third kappa shape index (κ3) is 48.3. The van der Waals surface area contributed by atoms with Crippen LogP contribution >= 0.6 is 0 Å². The molecule has 0 aromatic carbocycles. The second kappa shape index (κ2) is 52.5. The first-order chi connectivity index (χ1) is 30.5. The Morgan fingerprint density at radius 2 is 0.661 bits per heavy atom. The highest BCUT2D eigenvalue weighted by molar-refractivity contribution is 5.76. The van der Waals surface area contributed by atoms with Gasteiger partial charge in [-0.15, -0.1) is 0 Å². The molecule has 0 rings (SSSR count). The van der Waals surface area contributed by atoms with Crippen molar-refractivity contribution in [1.82, 2.24) is 5.32 Å². The van der Waals surface area contributed by atoms with Gasteiger partial charge in [0.2, 0.25) is 5.91 Å². The van der Waals surface area contributed by atoms with Crippen LogP contribution in [0.1, 0.15) is 322 Å². The fourth-order valence-corrected chi connectivity index (χ4v) is 9.05. The van der Waals surface area contributed by atoms with Crippen LogP contribution in [-0.4, -0.2) is 47.4 Å². The van der Waals surface area contributed by atoms with Crippen LogP contribution in [0.4, 0.5) is 0 Å². The van der Waals surface area contributed by atoms with Gasteiger partial charge < -0.3 is 20.3 Å². The highest BCUT2D eigenvalue weighted by atomic mass is 16.5. The van der Waals surface area contributed by atoms with E-state index in [0.717, 1.165) is 38.5 Å². The number of hydrogen-bond donors (Lipinski definition) is 3. The molecule has 1 amide bonds. The number of carbonyl (C=O) groups excluding carboxylic acids is 2. The minimum atomic E-state index is -0.664. The van der Waals surface area contributed by atoms with E-state index in [9.17, 15) is 19.8 Å². The summed E-state index contributed by atoms with van der Waals surface area (Å²) >= 11 is 0. The molecule has 0 bridgehead atoms. The molecule has 370 valence electrons. The van der Waals surface area contributed by atoms with E-state index in [1.54, 1.807) is 0 Å². The SMILES string of the molecule is CCCCCCCCCCCCCCCCCC(=O)OCCCCCCCCCCCCCCCCCCCCC(=O)NC(CO)C(O)CCCCCCCCCCCCCC. The Labute approximate surface area is 387 Å². The van der Waals surface area contributed by atoms with Crippen molar-refractivity contribution in [2.45, 2.75) is 334 Å². The standard InChI is InChI=1S/C56H111NO5/c1-3-5-7-9-11-13-15-17-22-26-30-34-38-42-46-50-56(61)62-51-47-43-39-35-31-27-24-21-19-18-20-23-25-29-33-37-41-45-49-55(60)57-53(52-58)54(59)48-44-40-36-32-28-16-14-12-10-8-6-4-2/h53-54,58-59H,3-52H2,1-2H3,(H,57,60). The molecule has 62 heavy (non-hydrogen) atoms. The highest BCUT2D eigenvalue weighted by Gasteiger charge is 2.20. The van der Waals surface area contributed by atoms with E-state index < -0.39 is 12.1 Å². The molecule has 2 unspecified atom stereocenters. The van der Waals surface area contributed by atoms with E-state index in [-0.39, 0.29) is 18.5 Å². The predicted octanol–water partition coefficient (Wildman–Crippen LogP) is 17.1. The van der Waals surface area contributed by atoms with Crippen LogP contribution in [0.15, 0.2) is 0 Å². The minimum Gasteiger partial charge on any atom is -0.466 e. The average molecular weight is 879 g/mol. The minimum absolute atomic E-state index is 0.0109. The van der Waals surface area contributed by atoms with Gasteiger partial charge in [-0.3, -0.25) is 9.59 Å². The van der Waals surface area contributed by atoms with Gasteiger partial charge in [-0.25, -0.2) is 0 Å². The third-order valence-corrected chi connectivity index (χ3v) is 13.4. The summed E-state index contributed by atoms with van der Waals surface area (Å²) in [6.07, 6.45) is 59.4. The Morgan fingerprint density at radius 3 is 0.984 bits per heavy atom. The Balaban J connectivity index is 3.37. The summed E-state index contributed by atoms with van der Waals surface area (Å²) in [5, 5.41) is 23.2. The number of amides is 1. The van der Waals surface area contributed by atoms with Crippen molar-refractivity contribution >= 4 is 11.9 Å². The predicted molar refractivity (Wildman–Crippen MR) is 269 cm³/mol. The average Bonchev–Trinajstić information content (AvgIpc) is 3.27. The zero-order valence-corrected chi connectivity index (χ0v) is 42.1. The molecule has 0 heterocycles. The number of hydrogen-bond acceptors (Lipinski definition) is 5. The lowest BCUT2D eigenvalue weighted by Crippen LogP contribution is -2.45. The molecule has 3 N–H and O–H groups in total. The molecule has 0 radical (unpaired) electrons. The summed E-state index contributed by atoms with van der Waals surface area (Å²) in [5.74, 6) is -0.0268. The van der Waals surface area contributed by atoms with Crippen molar-refractivity contribution in [2.75, 3.05) is 13.2 Å². The molecule has 6 nitrogen and oxygen atoms in total. The van der Waals surface area contributed by atoms with Crippen LogP contribution in [0.25, 0.3) is 0 Å². The van der Waals surface area contributed by atoms with Gasteiger partial charge in [-0.05, 0) is 25.7 Å². The van der Waals surface area contributed by atoms with Crippen molar-refractivity contribution in [3.63, 3.8) is 0 Å². The van der Waals surface area contributed by atoms with Gasteiger partial charge in [0, 0.05) is 12.8 Å². The number of esters is 1. The fraction of sp³-hybridized carbons (Fsp3) is 0.964. The van der Waals surface area contributed by atoms with Crippen LogP contribution in [0.5, 0.6) is 0 Å². The van der Waals surface area contributed by atoms with Gasteiger partial charge in [0.25, 0.3) is 0 Å². The van der Waals surface area contributed by atoms with Crippen molar-refractivity contribution < 1.29 is 24.5 Å². The van der Waals surface area contributed by atoms with Gasteiger partial charge in [0.05, 0.1) is 25.4 Å². The van der Waals surface area contributed by atoms with E-state index in [1.807, 2.05) is 0 Å². The summed E-state index contributed by atoms with van der Waals surface area (Å²) in [4.78, 5) is 24.5. The first kappa shape index (κ1) is 60.9. The van der Waals surface area contributed by atoms with Crippen LogP contribution in [-0.2, 0) is 14.3 Å². The lowest BCUT2D eigenvalue weighted by molar-refractivity contribution is -0.143. The van der Waals surface area contributed by atoms with Gasteiger partial charge in [0.15, 0.2) is 0 Å². The molecule has 0 aromatic heterocycles. The first-order valence-electron chi connectivity index (χ1n) is 28.3. The van der Waals surface area contributed by atoms with Crippen molar-refractivity contribution in [3.05, 3.63) is 0 Å². The zero-order valence-electron chi connectivity index (χ0n) is 42.1. The molecule has 2 atom stereocenters.